The number of fused-ring (bicyclic) bond motifs is 1. The van der Waals surface area contributed by atoms with E-state index in [0.717, 1.165) is 22.9 Å². The minimum Gasteiger partial charge on any atom is -0.868 e. The number of nitrogens with one attached hydrogen (secondary N) is 1. The SMILES string of the molecule is O=C(N/N=C/c1ccc([O-])c([N+](=O)[O-])c1)c1cc2ccccc2cc1O. The first kappa shape index (κ1) is 16.9. The van der Waals surface area contributed by atoms with Gasteiger partial charge in [-0.25, -0.2) is 5.43 Å². The van der Waals surface area contributed by atoms with Gasteiger partial charge in [-0.3, -0.25) is 14.9 Å². The second-order valence-electron chi connectivity index (χ2n) is 5.40. The van der Waals surface area contributed by atoms with Gasteiger partial charge in [0.1, 0.15) is 5.75 Å². The smallest absolute Gasteiger partial charge is 0.275 e. The average Bonchev–Trinajstić information content (AvgIpc) is 2.62. The third kappa shape index (κ3) is 3.44. The average molecular weight is 350 g/mol. The van der Waals surface area contributed by atoms with Crippen LogP contribution in [0.3, 0.4) is 0 Å². The Bertz CT molecular complexity index is 1050. The van der Waals surface area contributed by atoms with Gasteiger partial charge in [-0.2, -0.15) is 5.10 Å². The van der Waals surface area contributed by atoms with Crippen molar-refractivity contribution in [3.8, 4) is 11.5 Å². The van der Waals surface area contributed by atoms with Crippen molar-refractivity contribution in [2.24, 2.45) is 5.10 Å². The van der Waals surface area contributed by atoms with Gasteiger partial charge in [0.2, 0.25) is 0 Å². The summed E-state index contributed by atoms with van der Waals surface area (Å²) >= 11 is 0. The number of carbonyl (C=O) groups excluding carboxylic acids is 1. The Hall–Kier alpha value is -3.94. The second-order valence-corrected chi connectivity index (χ2v) is 5.40. The van der Waals surface area contributed by atoms with Gasteiger partial charge in [0.05, 0.1) is 16.7 Å². The fourth-order valence-electron chi connectivity index (χ4n) is 2.39. The molecule has 3 aromatic rings. The number of hydrogen-bond donors (Lipinski definition) is 2. The molecule has 0 aliphatic rings. The summed E-state index contributed by atoms with van der Waals surface area (Å²) in [6.07, 6.45) is 1.17. The Morgan fingerprint density at radius 3 is 2.50 bits per heavy atom. The Kier molecular flexibility index (Phi) is 4.48. The number of benzene rings is 3. The maximum absolute atomic E-state index is 12.2. The molecule has 26 heavy (non-hydrogen) atoms. The van der Waals surface area contributed by atoms with E-state index < -0.39 is 22.3 Å². The number of aromatic hydroxyl groups is 1. The molecule has 0 atom stereocenters. The number of phenols is 1. The highest BCUT2D eigenvalue weighted by Gasteiger charge is 2.12. The van der Waals surface area contributed by atoms with Crippen molar-refractivity contribution in [3.63, 3.8) is 0 Å². The third-order valence-electron chi connectivity index (χ3n) is 3.67. The van der Waals surface area contributed by atoms with E-state index in [1.54, 1.807) is 6.07 Å². The Morgan fingerprint density at radius 2 is 1.81 bits per heavy atom. The Morgan fingerprint density at radius 1 is 1.12 bits per heavy atom. The second kappa shape index (κ2) is 6.89. The third-order valence-corrected chi connectivity index (χ3v) is 3.67. The highest BCUT2D eigenvalue weighted by atomic mass is 16.6. The predicted molar refractivity (Wildman–Crippen MR) is 93.2 cm³/mol. The molecule has 0 heterocycles. The van der Waals surface area contributed by atoms with E-state index >= 15 is 0 Å². The summed E-state index contributed by atoms with van der Waals surface area (Å²) in [5.74, 6) is -1.54. The lowest BCUT2D eigenvalue weighted by atomic mass is 10.1. The zero-order valence-corrected chi connectivity index (χ0v) is 13.2. The first-order valence-corrected chi connectivity index (χ1v) is 7.46. The van der Waals surface area contributed by atoms with Crippen LogP contribution in [0.25, 0.3) is 10.8 Å². The number of amides is 1. The van der Waals surface area contributed by atoms with Crippen LogP contribution < -0.4 is 10.5 Å². The van der Waals surface area contributed by atoms with Crippen LogP contribution in [0.5, 0.6) is 11.5 Å². The molecule has 3 rings (SSSR count). The van der Waals surface area contributed by atoms with Gasteiger partial charge < -0.3 is 10.2 Å². The van der Waals surface area contributed by atoms with Gasteiger partial charge in [0, 0.05) is 11.6 Å². The van der Waals surface area contributed by atoms with Crippen molar-refractivity contribution in [3.05, 3.63) is 75.8 Å². The van der Waals surface area contributed by atoms with Crippen LogP contribution in [0.1, 0.15) is 15.9 Å². The van der Waals surface area contributed by atoms with Gasteiger partial charge in [-0.15, -0.1) is 0 Å². The quantitative estimate of drug-likeness (QED) is 0.424. The van der Waals surface area contributed by atoms with Crippen LogP contribution in [0.15, 0.2) is 59.7 Å². The molecule has 3 aromatic carbocycles. The van der Waals surface area contributed by atoms with Crippen molar-refractivity contribution in [2.45, 2.75) is 0 Å². The number of nitrogens with zero attached hydrogens (tertiary/aromatic N) is 2. The molecule has 0 fully saturated rings. The zero-order chi connectivity index (χ0) is 18.7. The van der Waals surface area contributed by atoms with Crippen molar-refractivity contribution >= 4 is 28.6 Å². The highest BCUT2D eigenvalue weighted by Crippen LogP contribution is 2.25. The standard InChI is InChI=1S/C18H13N3O5/c22-16-6-5-11(7-15(16)21(25)26)10-19-20-18(24)14-8-12-3-1-2-4-13(12)9-17(14)23/h1-10,22-23H,(H,20,24)/p-1/b19-10+. The Balaban J connectivity index is 1.79. The number of carbonyl (C=O) groups is 1. The van der Waals surface area contributed by atoms with E-state index in [1.807, 2.05) is 18.2 Å². The van der Waals surface area contributed by atoms with Crippen LogP contribution >= 0.6 is 0 Å². The number of nitro benzene ring substituents is 1. The monoisotopic (exact) mass is 350 g/mol. The summed E-state index contributed by atoms with van der Waals surface area (Å²) in [6, 6.07) is 13.7. The molecule has 0 aliphatic carbocycles. The lowest BCUT2D eigenvalue weighted by Crippen LogP contribution is -2.17. The van der Waals surface area contributed by atoms with Gasteiger partial charge in [0.25, 0.3) is 11.6 Å². The van der Waals surface area contributed by atoms with E-state index in [4.69, 9.17) is 0 Å². The minimum atomic E-state index is -0.786. The fourth-order valence-corrected chi connectivity index (χ4v) is 2.39. The molecule has 0 bridgehead atoms. The summed E-state index contributed by atoms with van der Waals surface area (Å²) < 4.78 is 0. The predicted octanol–water partition coefficient (Wildman–Crippen LogP) is 2.29. The number of rotatable bonds is 4. The molecule has 0 aromatic heterocycles. The van der Waals surface area contributed by atoms with E-state index in [0.29, 0.717) is 0 Å². The van der Waals surface area contributed by atoms with E-state index in [9.17, 15) is 25.1 Å². The molecular formula is C18H12N3O5-. The maximum Gasteiger partial charge on any atom is 0.275 e. The number of phenolic OH excluding ortho intramolecular Hbond substituents is 1. The number of nitro groups is 1. The molecule has 1 amide bonds. The lowest BCUT2D eigenvalue weighted by molar-refractivity contribution is -0.398. The van der Waals surface area contributed by atoms with Crippen LogP contribution in [-0.4, -0.2) is 22.2 Å². The van der Waals surface area contributed by atoms with E-state index in [-0.39, 0.29) is 16.9 Å². The van der Waals surface area contributed by atoms with Gasteiger partial charge in [0.15, 0.2) is 0 Å². The summed E-state index contributed by atoms with van der Waals surface area (Å²) in [5.41, 5.74) is 1.98. The zero-order valence-electron chi connectivity index (χ0n) is 13.2. The largest absolute Gasteiger partial charge is 0.868 e. The summed E-state index contributed by atoms with van der Waals surface area (Å²) in [7, 11) is 0. The van der Waals surface area contributed by atoms with E-state index in [1.165, 1.54) is 24.4 Å². The van der Waals surface area contributed by atoms with Crippen LogP contribution in [0.2, 0.25) is 0 Å². The van der Waals surface area contributed by atoms with Gasteiger partial charge in [-0.05, 0) is 28.7 Å². The topological polar surface area (TPSA) is 128 Å². The van der Waals surface area contributed by atoms with Crippen LogP contribution in [0.4, 0.5) is 5.69 Å². The Labute approximate surface area is 147 Å². The van der Waals surface area contributed by atoms with E-state index in [2.05, 4.69) is 10.5 Å². The fraction of sp³-hybridized carbons (Fsp3) is 0. The number of hydrazone groups is 1. The van der Waals surface area contributed by atoms with Crippen molar-refractivity contribution in [1.29, 1.82) is 0 Å². The lowest BCUT2D eigenvalue weighted by Gasteiger charge is -2.07. The molecule has 2 N–H and O–H groups in total. The molecule has 8 heteroatoms. The van der Waals surface area contributed by atoms with Gasteiger partial charge in [-0.1, -0.05) is 36.4 Å². The van der Waals surface area contributed by atoms with Crippen molar-refractivity contribution < 1.29 is 19.9 Å². The normalized spacial score (nSPS) is 10.9. The minimum absolute atomic E-state index is 0.0433. The van der Waals surface area contributed by atoms with Crippen LogP contribution in [0, 0.1) is 10.1 Å². The molecule has 130 valence electrons. The van der Waals surface area contributed by atoms with Crippen molar-refractivity contribution in [2.75, 3.05) is 0 Å². The summed E-state index contributed by atoms with van der Waals surface area (Å²) in [6.45, 7) is 0. The highest BCUT2D eigenvalue weighted by molar-refractivity contribution is 6.01. The molecule has 0 saturated heterocycles. The molecule has 0 saturated carbocycles. The molecule has 0 spiro atoms. The molecular weight excluding hydrogens is 338 g/mol. The first-order chi connectivity index (χ1) is 12.5. The molecule has 8 nitrogen and oxygen atoms in total. The summed E-state index contributed by atoms with van der Waals surface area (Å²) in [5, 5.41) is 37.4. The van der Waals surface area contributed by atoms with Gasteiger partial charge >= 0.3 is 0 Å². The summed E-state index contributed by atoms with van der Waals surface area (Å²) in [4.78, 5) is 22.1. The molecule has 0 unspecified atom stereocenters. The maximum atomic E-state index is 12.2. The van der Waals surface area contributed by atoms with Crippen LogP contribution in [-0.2, 0) is 0 Å². The first-order valence-electron chi connectivity index (χ1n) is 7.46. The van der Waals surface area contributed by atoms with Crippen molar-refractivity contribution in [1.82, 2.24) is 5.43 Å². The molecule has 0 radical (unpaired) electrons. The number of hydrogen-bond acceptors (Lipinski definition) is 6. The molecule has 0 aliphatic heterocycles.